The van der Waals surface area contributed by atoms with Gasteiger partial charge in [0, 0.05) is 12.8 Å². The van der Waals surface area contributed by atoms with Crippen molar-refractivity contribution >= 4 is 15.5 Å². The molecular formula is C12H15N3O3S. The van der Waals surface area contributed by atoms with E-state index in [0.29, 0.717) is 11.5 Å². The number of anilines is 1. The fraction of sp³-hybridized carbons (Fsp3) is 0.250. The molecule has 2 aromatic rings. The van der Waals surface area contributed by atoms with E-state index in [2.05, 4.69) is 5.10 Å². The second-order valence-corrected chi connectivity index (χ2v) is 6.06. The van der Waals surface area contributed by atoms with Crippen molar-refractivity contribution < 1.29 is 13.2 Å². The molecule has 0 bridgehead atoms. The quantitative estimate of drug-likeness (QED) is 0.861. The van der Waals surface area contributed by atoms with Crippen molar-refractivity contribution in [2.75, 3.05) is 12.0 Å². The predicted octanol–water partition coefficient (Wildman–Crippen LogP) is 1.68. The van der Waals surface area contributed by atoms with Gasteiger partial charge >= 0.3 is 0 Å². The summed E-state index contributed by atoms with van der Waals surface area (Å²) in [5.74, 6) is 0.817. The Morgan fingerprint density at radius 2 is 2.16 bits per heavy atom. The molecule has 0 aliphatic rings. The summed E-state index contributed by atoms with van der Waals surface area (Å²) in [6, 6.07) is 4.66. The molecule has 0 saturated carbocycles. The third-order valence-corrected chi connectivity index (χ3v) is 3.74. The first kappa shape index (κ1) is 13.4. The van der Waals surface area contributed by atoms with Crippen LogP contribution in [0.25, 0.3) is 0 Å². The molecule has 6 nitrogen and oxygen atoms in total. The van der Waals surface area contributed by atoms with Gasteiger partial charge in [-0.2, -0.15) is 5.10 Å². The molecule has 19 heavy (non-hydrogen) atoms. The van der Waals surface area contributed by atoms with E-state index in [1.165, 1.54) is 6.07 Å². The van der Waals surface area contributed by atoms with Crippen molar-refractivity contribution in [1.29, 1.82) is 0 Å². The van der Waals surface area contributed by atoms with Crippen LogP contribution in [0.4, 0.5) is 5.69 Å². The lowest BCUT2D eigenvalue weighted by Crippen LogP contribution is -2.03. The minimum absolute atomic E-state index is 0.0629. The molecule has 7 heteroatoms. The summed E-state index contributed by atoms with van der Waals surface area (Å²) in [6.07, 6.45) is 4.38. The van der Waals surface area contributed by atoms with Crippen molar-refractivity contribution in [1.82, 2.24) is 9.78 Å². The molecule has 1 aromatic carbocycles. The van der Waals surface area contributed by atoms with Gasteiger partial charge in [-0.25, -0.2) is 8.42 Å². The Balaban J connectivity index is 2.36. The van der Waals surface area contributed by atoms with Crippen LogP contribution < -0.4 is 10.5 Å². The Labute approximate surface area is 111 Å². The number of rotatable bonds is 4. The van der Waals surface area contributed by atoms with Gasteiger partial charge in [0.25, 0.3) is 0 Å². The van der Waals surface area contributed by atoms with Gasteiger partial charge in [0.2, 0.25) is 0 Å². The van der Waals surface area contributed by atoms with Crippen molar-refractivity contribution in [2.24, 2.45) is 0 Å². The second kappa shape index (κ2) is 4.93. The van der Waals surface area contributed by atoms with Crippen LogP contribution in [-0.4, -0.2) is 24.5 Å². The van der Waals surface area contributed by atoms with Crippen LogP contribution in [0, 0.1) is 0 Å². The Bertz CT molecular complexity index is 692. The maximum Gasteiger partial charge on any atom is 0.177 e. The summed E-state index contributed by atoms with van der Waals surface area (Å²) in [4.78, 5) is 0.0629. The first-order chi connectivity index (χ1) is 8.91. The van der Waals surface area contributed by atoms with Gasteiger partial charge in [0.15, 0.2) is 21.3 Å². The lowest BCUT2D eigenvalue weighted by atomic mass is 10.3. The fourth-order valence-corrected chi connectivity index (χ4v) is 2.46. The van der Waals surface area contributed by atoms with Crippen LogP contribution in [0.1, 0.15) is 6.92 Å². The summed E-state index contributed by atoms with van der Waals surface area (Å²) in [6.45, 7) is 2.68. The van der Waals surface area contributed by atoms with Crippen LogP contribution >= 0.6 is 0 Å². The number of nitrogens with two attached hydrogens (primary N) is 1. The smallest absolute Gasteiger partial charge is 0.177 e. The van der Waals surface area contributed by atoms with E-state index in [0.717, 1.165) is 12.8 Å². The van der Waals surface area contributed by atoms with Gasteiger partial charge in [-0.3, -0.25) is 4.68 Å². The molecule has 0 unspecified atom stereocenters. The molecule has 1 heterocycles. The third kappa shape index (κ3) is 2.87. The number of para-hydroxylation sites is 1. The summed E-state index contributed by atoms with van der Waals surface area (Å²) >= 11 is 0. The predicted molar refractivity (Wildman–Crippen MR) is 71.9 cm³/mol. The Morgan fingerprint density at radius 1 is 1.42 bits per heavy atom. The normalized spacial score (nSPS) is 11.5. The molecular weight excluding hydrogens is 266 g/mol. The average molecular weight is 281 g/mol. The molecule has 2 N–H and O–H groups in total. The van der Waals surface area contributed by atoms with E-state index < -0.39 is 9.84 Å². The number of aromatic nitrogens is 2. The van der Waals surface area contributed by atoms with Crippen LogP contribution in [0.5, 0.6) is 11.5 Å². The van der Waals surface area contributed by atoms with Crippen molar-refractivity contribution in [3.8, 4) is 11.5 Å². The summed E-state index contributed by atoms with van der Waals surface area (Å²) < 4.78 is 30.4. The zero-order chi connectivity index (χ0) is 14.0. The summed E-state index contributed by atoms with van der Waals surface area (Å²) in [7, 11) is -3.37. The van der Waals surface area contributed by atoms with Crippen LogP contribution in [0.3, 0.4) is 0 Å². The van der Waals surface area contributed by atoms with Gasteiger partial charge in [0.05, 0.1) is 23.0 Å². The number of nitrogen functional groups attached to an aromatic ring is 1. The fourth-order valence-electron chi connectivity index (χ4n) is 1.63. The Kier molecular flexibility index (Phi) is 3.48. The van der Waals surface area contributed by atoms with E-state index in [4.69, 9.17) is 10.5 Å². The van der Waals surface area contributed by atoms with Gasteiger partial charge in [-0.1, -0.05) is 6.07 Å². The molecule has 0 amide bonds. The van der Waals surface area contributed by atoms with Gasteiger partial charge in [0.1, 0.15) is 0 Å². The van der Waals surface area contributed by atoms with Crippen LogP contribution in [-0.2, 0) is 16.4 Å². The maximum atomic E-state index is 11.6. The van der Waals surface area contributed by atoms with Crippen LogP contribution in [0.15, 0.2) is 35.5 Å². The van der Waals surface area contributed by atoms with Crippen LogP contribution in [0.2, 0.25) is 0 Å². The molecule has 0 fully saturated rings. The highest BCUT2D eigenvalue weighted by molar-refractivity contribution is 7.90. The molecule has 0 spiro atoms. The minimum Gasteiger partial charge on any atom is -0.452 e. The molecule has 2 rings (SSSR count). The lowest BCUT2D eigenvalue weighted by molar-refractivity contribution is 0.482. The van der Waals surface area contributed by atoms with Crippen molar-refractivity contribution in [3.63, 3.8) is 0 Å². The number of hydrogen-bond acceptors (Lipinski definition) is 5. The molecule has 0 atom stereocenters. The van der Waals surface area contributed by atoms with Gasteiger partial charge in [-0.15, -0.1) is 0 Å². The number of aryl methyl sites for hydroxylation is 1. The minimum atomic E-state index is -3.37. The number of nitrogens with zero attached hydrogens (tertiary/aromatic N) is 2. The molecule has 0 aliphatic heterocycles. The number of hydrogen-bond donors (Lipinski definition) is 1. The molecule has 102 valence electrons. The molecule has 0 saturated heterocycles. The molecule has 0 aliphatic carbocycles. The highest BCUT2D eigenvalue weighted by Crippen LogP contribution is 2.32. The maximum absolute atomic E-state index is 11.6. The monoisotopic (exact) mass is 281 g/mol. The van der Waals surface area contributed by atoms with E-state index in [-0.39, 0.29) is 10.6 Å². The van der Waals surface area contributed by atoms with E-state index >= 15 is 0 Å². The highest BCUT2D eigenvalue weighted by atomic mass is 32.2. The molecule has 0 radical (unpaired) electrons. The first-order valence-corrected chi connectivity index (χ1v) is 7.60. The summed E-state index contributed by atoms with van der Waals surface area (Å²) in [5, 5.41) is 4.06. The van der Waals surface area contributed by atoms with Crippen molar-refractivity contribution in [2.45, 2.75) is 18.4 Å². The zero-order valence-corrected chi connectivity index (χ0v) is 11.5. The molecule has 1 aromatic heterocycles. The van der Waals surface area contributed by atoms with E-state index in [1.54, 1.807) is 29.2 Å². The van der Waals surface area contributed by atoms with E-state index in [1.807, 2.05) is 6.92 Å². The lowest BCUT2D eigenvalue weighted by Gasteiger charge is -2.09. The topological polar surface area (TPSA) is 87.2 Å². The number of ether oxygens (including phenoxy) is 1. The second-order valence-electron chi connectivity index (χ2n) is 4.07. The standard InChI is InChI=1S/C12H15N3O3S/c1-3-15-8-9(7-14-15)18-10-5-4-6-11(12(10)13)19(2,16)17/h4-8H,3,13H2,1-2H3. The third-order valence-electron chi connectivity index (χ3n) is 2.59. The number of benzene rings is 1. The van der Waals surface area contributed by atoms with Crippen molar-refractivity contribution in [3.05, 3.63) is 30.6 Å². The number of sulfone groups is 1. The first-order valence-electron chi connectivity index (χ1n) is 5.70. The Morgan fingerprint density at radius 3 is 2.74 bits per heavy atom. The zero-order valence-electron chi connectivity index (χ0n) is 10.7. The largest absolute Gasteiger partial charge is 0.452 e. The average Bonchev–Trinajstić information content (AvgIpc) is 2.78. The van der Waals surface area contributed by atoms with E-state index in [9.17, 15) is 8.42 Å². The highest BCUT2D eigenvalue weighted by Gasteiger charge is 2.15. The SMILES string of the molecule is CCn1cc(Oc2cccc(S(C)(=O)=O)c2N)cn1. The van der Waals surface area contributed by atoms with Gasteiger partial charge < -0.3 is 10.5 Å². The summed E-state index contributed by atoms with van der Waals surface area (Å²) in [5.41, 5.74) is 5.93. The van der Waals surface area contributed by atoms with Gasteiger partial charge in [-0.05, 0) is 19.1 Å². The Hall–Kier alpha value is -2.02.